The number of methoxy groups -OCH3 is 1. The van der Waals surface area contributed by atoms with E-state index in [4.69, 9.17) is 14.2 Å². The third-order valence-electron chi connectivity index (χ3n) is 5.09. The highest BCUT2D eigenvalue weighted by Crippen LogP contribution is 2.34. The number of amides is 3. The molecule has 0 saturated heterocycles. The molecule has 2 aromatic carbocycles. The minimum absolute atomic E-state index is 0.126. The molecule has 0 aliphatic carbocycles. The molecule has 0 aromatic heterocycles. The number of halogens is 2. The summed E-state index contributed by atoms with van der Waals surface area (Å²) in [5.74, 6) is -0.361. The van der Waals surface area contributed by atoms with Crippen molar-refractivity contribution in [3.63, 3.8) is 0 Å². The fourth-order valence-electron chi connectivity index (χ4n) is 3.42. The Labute approximate surface area is 234 Å². The van der Waals surface area contributed by atoms with E-state index in [2.05, 4.69) is 37.1 Å². The Morgan fingerprint density at radius 3 is 2.70 bits per heavy atom. The van der Waals surface area contributed by atoms with Gasteiger partial charge in [0.2, 0.25) is 0 Å². The zero-order valence-corrected chi connectivity index (χ0v) is 23.8. The van der Waals surface area contributed by atoms with Gasteiger partial charge in [0.05, 0.1) is 39.6 Å². The van der Waals surface area contributed by atoms with Gasteiger partial charge in [0, 0.05) is 5.70 Å². The Bertz CT molecular complexity index is 1260. The highest BCUT2D eigenvalue weighted by Gasteiger charge is 2.32. The Morgan fingerprint density at radius 2 is 2.03 bits per heavy atom. The van der Waals surface area contributed by atoms with Crippen molar-refractivity contribution in [2.24, 2.45) is 5.10 Å². The summed E-state index contributed by atoms with van der Waals surface area (Å²) in [4.78, 5) is 36.8. The molecule has 3 amide bonds. The molecule has 11 nitrogen and oxygen atoms in total. The summed E-state index contributed by atoms with van der Waals surface area (Å²) in [6.45, 7) is 3.15. The Kier molecular flexibility index (Phi) is 9.74. The number of nitrogens with one attached hydrogen (secondary N) is 3. The topological polar surface area (TPSA) is 148 Å². The number of carbonyl (C=O) groups excluding carboxylic acids is 3. The number of benzene rings is 2. The van der Waals surface area contributed by atoms with Crippen LogP contribution in [0.25, 0.3) is 0 Å². The van der Waals surface area contributed by atoms with Crippen molar-refractivity contribution in [1.29, 1.82) is 0 Å². The van der Waals surface area contributed by atoms with E-state index in [-0.39, 0.29) is 30.3 Å². The molecule has 1 aliphatic rings. The van der Waals surface area contributed by atoms with Crippen LogP contribution in [0.15, 0.2) is 51.2 Å². The molecule has 0 spiro atoms. The van der Waals surface area contributed by atoms with Gasteiger partial charge in [0.1, 0.15) is 5.75 Å². The molecule has 1 aliphatic heterocycles. The van der Waals surface area contributed by atoms with Crippen molar-refractivity contribution in [3.8, 4) is 17.2 Å². The maximum atomic E-state index is 12.5. The van der Waals surface area contributed by atoms with Crippen LogP contribution in [0.5, 0.6) is 17.2 Å². The molecule has 13 heteroatoms. The van der Waals surface area contributed by atoms with Crippen molar-refractivity contribution in [1.82, 2.24) is 16.1 Å². The summed E-state index contributed by atoms with van der Waals surface area (Å²) in [6, 6.07) is 6.98. The number of hydrazone groups is 1. The van der Waals surface area contributed by atoms with Crippen molar-refractivity contribution in [2.45, 2.75) is 19.9 Å². The molecule has 0 radical (unpaired) electrons. The van der Waals surface area contributed by atoms with Crippen molar-refractivity contribution >= 4 is 62.6 Å². The third-order valence-corrected chi connectivity index (χ3v) is 6.51. The number of nitrogens with zero attached hydrogens (tertiary/aromatic N) is 1. The SMILES string of the molecule is CCOC(=O)C1=C(C)NC(=O)N[C@H]1c1ccc(OCC(=O)N/N=C\c2cc(Br)c(O)c(I)c2)c(OC)c1. The molecule has 3 rings (SSSR count). The maximum Gasteiger partial charge on any atom is 0.338 e. The van der Waals surface area contributed by atoms with E-state index in [1.54, 1.807) is 44.2 Å². The molecule has 37 heavy (non-hydrogen) atoms. The summed E-state index contributed by atoms with van der Waals surface area (Å²) in [5.41, 5.74) is 4.25. The highest BCUT2D eigenvalue weighted by atomic mass is 127. The number of ether oxygens (including phenoxy) is 3. The first-order valence-corrected chi connectivity index (χ1v) is 12.8. The Hall–Kier alpha value is -3.33. The monoisotopic (exact) mass is 686 g/mol. The second-order valence-corrected chi connectivity index (χ2v) is 9.63. The van der Waals surface area contributed by atoms with Crippen LogP contribution in [0.4, 0.5) is 4.79 Å². The van der Waals surface area contributed by atoms with Crippen molar-refractivity contribution in [3.05, 3.63) is 60.8 Å². The molecule has 0 saturated carbocycles. The minimum Gasteiger partial charge on any atom is -0.506 e. The molecule has 1 atom stereocenters. The summed E-state index contributed by atoms with van der Waals surface area (Å²) >= 11 is 5.23. The van der Waals surface area contributed by atoms with E-state index in [9.17, 15) is 19.5 Å². The van der Waals surface area contributed by atoms with Crippen LogP contribution in [0.1, 0.15) is 31.0 Å². The standard InChI is InChI=1S/C24H24BrIN4O7/c1-4-36-23(33)20-12(2)28-24(34)29-21(20)14-5-6-17(18(9-14)35-3)37-11-19(31)30-27-10-13-7-15(25)22(32)16(26)8-13/h5-10,21,32H,4,11H2,1-3H3,(H,30,31)(H2,28,29,34)/b27-10-/t21-/m0/s1. The van der Waals surface area contributed by atoms with Crippen LogP contribution in [-0.4, -0.2) is 49.6 Å². The lowest BCUT2D eigenvalue weighted by Gasteiger charge is -2.28. The predicted molar refractivity (Wildman–Crippen MR) is 146 cm³/mol. The third kappa shape index (κ3) is 7.13. The van der Waals surface area contributed by atoms with Gasteiger partial charge < -0.3 is 30.0 Å². The van der Waals surface area contributed by atoms with Gasteiger partial charge in [-0.25, -0.2) is 15.0 Å². The first-order valence-electron chi connectivity index (χ1n) is 10.9. The van der Waals surface area contributed by atoms with E-state index in [0.29, 0.717) is 30.6 Å². The normalized spacial score (nSPS) is 15.2. The lowest BCUT2D eigenvalue weighted by molar-refractivity contribution is -0.139. The number of phenols is 1. The average molecular weight is 687 g/mol. The second kappa shape index (κ2) is 12.8. The number of carbonyl (C=O) groups is 3. The number of hydrogen-bond acceptors (Lipinski definition) is 8. The van der Waals surface area contributed by atoms with Crippen LogP contribution in [0.2, 0.25) is 0 Å². The number of urea groups is 1. The van der Waals surface area contributed by atoms with E-state index < -0.39 is 23.9 Å². The van der Waals surface area contributed by atoms with Gasteiger partial charge in [-0.2, -0.15) is 5.10 Å². The molecule has 0 bridgehead atoms. The fraction of sp³-hybridized carbons (Fsp3) is 0.250. The maximum absolute atomic E-state index is 12.5. The Balaban J connectivity index is 1.69. The number of allylic oxidation sites excluding steroid dienone is 1. The molecule has 0 fully saturated rings. The number of rotatable bonds is 9. The summed E-state index contributed by atoms with van der Waals surface area (Å²) in [5, 5.41) is 19.0. The van der Waals surface area contributed by atoms with Crippen LogP contribution >= 0.6 is 38.5 Å². The van der Waals surface area contributed by atoms with Crippen molar-refractivity contribution < 1.29 is 33.7 Å². The van der Waals surface area contributed by atoms with Gasteiger partial charge >= 0.3 is 12.0 Å². The minimum atomic E-state index is -0.767. The lowest BCUT2D eigenvalue weighted by atomic mass is 9.95. The fourth-order valence-corrected chi connectivity index (χ4v) is 4.92. The number of hydrogen-bond donors (Lipinski definition) is 4. The van der Waals surface area contributed by atoms with Crippen LogP contribution in [0.3, 0.4) is 0 Å². The quantitative estimate of drug-likeness (QED) is 0.137. The largest absolute Gasteiger partial charge is 0.506 e. The first kappa shape index (κ1) is 28.2. The lowest BCUT2D eigenvalue weighted by Crippen LogP contribution is -2.45. The van der Waals surface area contributed by atoms with E-state index in [1.807, 2.05) is 22.6 Å². The Morgan fingerprint density at radius 1 is 1.27 bits per heavy atom. The summed E-state index contributed by atoms with van der Waals surface area (Å²) in [6.07, 6.45) is 1.43. The average Bonchev–Trinajstić information content (AvgIpc) is 2.85. The summed E-state index contributed by atoms with van der Waals surface area (Å²) in [7, 11) is 1.43. The van der Waals surface area contributed by atoms with Gasteiger partial charge in [-0.05, 0) is 87.8 Å². The van der Waals surface area contributed by atoms with Crippen LogP contribution in [0, 0.1) is 3.57 Å². The summed E-state index contributed by atoms with van der Waals surface area (Å²) < 4.78 is 17.3. The molecule has 0 unspecified atom stereocenters. The van der Waals surface area contributed by atoms with Crippen molar-refractivity contribution in [2.75, 3.05) is 20.3 Å². The zero-order chi connectivity index (χ0) is 27.1. The molecular weight excluding hydrogens is 663 g/mol. The number of esters is 1. The predicted octanol–water partition coefficient (Wildman–Crippen LogP) is 3.49. The van der Waals surface area contributed by atoms with Gasteiger partial charge in [0.15, 0.2) is 18.1 Å². The molecule has 1 heterocycles. The molecule has 196 valence electrons. The van der Waals surface area contributed by atoms with Gasteiger partial charge in [-0.1, -0.05) is 6.07 Å². The van der Waals surface area contributed by atoms with E-state index in [1.165, 1.54) is 13.3 Å². The first-order chi connectivity index (χ1) is 17.6. The van der Waals surface area contributed by atoms with Crippen LogP contribution < -0.4 is 25.5 Å². The van der Waals surface area contributed by atoms with E-state index >= 15 is 0 Å². The molecular formula is C24H24BrIN4O7. The number of phenolic OH excluding ortho intramolecular Hbond substituents is 1. The second-order valence-electron chi connectivity index (χ2n) is 7.62. The zero-order valence-electron chi connectivity index (χ0n) is 20.1. The highest BCUT2D eigenvalue weighted by molar-refractivity contribution is 14.1. The van der Waals surface area contributed by atoms with Gasteiger partial charge in [-0.3, -0.25) is 4.79 Å². The molecule has 2 aromatic rings. The van der Waals surface area contributed by atoms with Gasteiger partial charge in [0.25, 0.3) is 5.91 Å². The van der Waals surface area contributed by atoms with Gasteiger partial charge in [-0.15, -0.1) is 0 Å². The molecule has 4 N–H and O–H groups in total. The smallest absolute Gasteiger partial charge is 0.338 e. The van der Waals surface area contributed by atoms with Crippen LogP contribution in [-0.2, 0) is 14.3 Å². The number of aromatic hydroxyl groups is 1. The van der Waals surface area contributed by atoms with E-state index in [0.717, 1.165) is 0 Å².